The SMILES string of the molecule is NC1=NC=C(c2ccncc2)N(c2ccccc2)C1. The maximum absolute atomic E-state index is 5.85. The van der Waals surface area contributed by atoms with Gasteiger partial charge in [-0.25, -0.2) is 4.99 Å². The molecule has 0 saturated carbocycles. The summed E-state index contributed by atoms with van der Waals surface area (Å²) < 4.78 is 0. The third kappa shape index (κ3) is 2.33. The Balaban J connectivity index is 2.04. The zero-order valence-electron chi connectivity index (χ0n) is 10.4. The Morgan fingerprint density at radius 1 is 1.00 bits per heavy atom. The van der Waals surface area contributed by atoms with Crippen LogP contribution >= 0.6 is 0 Å². The number of aromatic nitrogens is 1. The van der Waals surface area contributed by atoms with E-state index in [1.54, 1.807) is 18.6 Å². The zero-order valence-corrected chi connectivity index (χ0v) is 10.4. The van der Waals surface area contributed by atoms with E-state index in [4.69, 9.17) is 5.73 Å². The summed E-state index contributed by atoms with van der Waals surface area (Å²) in [5.41, 5.74) is 9.06. The van der Waals surface area contributed by atoms with Crippen LogP contribution < -0.4 is 10.6 Å². The Hall–Kier alpha value is -2.62. The average molecular weight is 250 g/mol. The number of nitrogens with zero attached hydrogens (tertiary/aromatic N) is 3. The molecule has 2 N–H and O–H groups in total. The van der Waals surface area contributed by atoms with E-state index in [9.17, 15) is 0 Å². The molecule has 0 unspecified atom stereocenters. The largest absolute Gasteiger partial charge is 0.386 e. The van der Waals surface area contributed by atoms with Gasteiger partial charge in [0, 0.05) is 23.6 Å². The highest BCUT2D eigenvalue weighted by atomic mass is 15.2. The second kappa shape index (κ2) is 4.94. The van der Waals surface area contributed by atoms with Crippen molar-refractivity contribution in [1.82, 2.24) is 4.98 Å². The van der Waals surface area contributed by atoms with E-state index in [0.717, 1.165) is 16.9 Å². The number of benzene rings is 1. The molecule has 0 saturated heterocycles. The summed E-state index contributed by atoms with van der Waals surface area (Å²) in [4.78, 5) is 10.4. The van der Waals surface area contributed by atoms with Crippen molar-refractivity contribution in [2.75, 3.05) is 11.4 Å². The van der Waals surface area contributed by atoms with Crippen LogP contribution in [0.15, 0.2) is 66.1 Å². The molecule has 0 atom stereocenters. The summed E-state index contributed by atoms with van der Waals surface area (Å²) in [6.45, 7) is 0.595. The highest BCUT2D eigenvalue weighted by Crippen LogP contribution is 2.27. The number of hydrogen-bond acceptors (Lipinski definition) is 4. The van der Waals surface area contributed by atoms with E-state index >= 15 is 0 Å². The molecule has 3 rings (SSSR count). The monoisotopic (exact) mass is 250 g/mol. The number of hydrogen-bond donors (Lipinski definition) is 1. The number of anilines is 1. The minimum atomic E-state index is 0.595. The molecule has 4 heteroatoms. The van der Waals surface area contributed by atoms with Crippen LogP contribution in [0.3, 0.4) is 0 Å². The molecule has 1 aromatic heterocycles. The summed E-state index contributed by atoms with van der Waals surface area (Å²) in [5, 5.41) is 0. The molecule has 0 radical (unpaired) electrons. The van der Waals surface area contributed by atoms with Crippen molar-refractivity contribution >= 4 is 17.2 Å². The van der Waals surface area contributed by atoms with Crippen molar-refractivity contribution in [2.45, 2.75) is 0 Å². The van der Waals surface area contributed by atoms with Gasteiger partial charge in [-0.1, -0.05) is 18.2 Å². The minimum Gasteiger partial charge on any atom is -0.386 e. The van der Waals surface area contributed by atoms with Gasteiger partial charge in [0.05, 0.1) is 18.4 Å². The van der Waals surface area contributed by atoms with Crippen LogP contribution in [0, 0.1) is 0 Å². The standard InChI is InChI=1S/C15H14N4/c16-15-11-19(13-4-2-1-3-5-13)14(10-18-15)12-6-8-17-9-7-12/h1-10H,11H2,(H2,16,18). The lowest BCUT2D eigenvalue weighted by atomic mass is 10.1. The fourth-order valence-corrected chi connectivity index (χ4v) is 2.09. The number of rotatable bonds is 2. The quantitative estimate of drug-likeness (QED) is 0.889. The molecule has 0 fully saturated rings. The average Bonchev–Trinajstić information content (AvgIpc) is 2.49. The molecule has 0 spiro atoms. The van der Waals surface area contributed by atoms with Gasteiger partial charge < -0.3 is 10.6 Å². The summed E-state index contributed by atoms with van der Waals surface area (Å²) in [5.74, 6) is 0.613. The predicted octanol–water partition coefficient (Wildman–Crippen LogP) is 2.26. The minimum absolute atomic E-state index is 0.595. The Morgan fingerprint density at radius 2 is 1.74 bits per heavy atom. The first-order chi connectivity index (χ1) is 9.34. The van der Waals surface area contributed by atoms with Gasteiger partial charge in [0.1, 0.15) is 5.84 Å². The van der Waals surface area contributed by atoms with Crippen molar-refractivity contribution in [3.63, 3.8) is 0 Å². The topological polar surface area (TPSA) is 54.5 Å². The number of nitrogens with two attached hydrogens (primary N) is 1. The Kier molecular flexibility index (Phi) is 2.98. The van der Waals surface area contributed by atoms with Crippen LogP contribution in [-0.4, -0.2) is 17.4 Å². The van der Waals surface area contributed by atoms with Crippen molar-refractivity contribution in [3.05, 3.63) is 66.6 Å². The summed E-state index contributed by atoms with van der Waals surface area (Å²) in [6.07, 6.45) is 5.36. The molecular formula is C15H14N4. The van der Waals surface area contributed by atoms with Gasteiger partial charge in [0.2, 0.25) is 0 Å². The van der Waals surface area contributed by atoms with E-state index in [-0.39, 0.29) is 0 Å². The summed E-state index contributed by atoms with van der Waals surface area (Å²) in [7, 11) is 0. The first kappa shape index (κ1) is 11.5. The first-order valence-electron chi connectivity index (χ1n) is 6.10. The van der Waals surface area contributed by atoms with Crippen molar-refractivity contribution in [1.29, 1.82) is 0 Å². The van der Waals surface area contributed by atoms with Crippen molar-refractivity contribution in [3.8, 4) is 0 Å². The first-order valence-corrected chi connectivity index (χ1v) is 6.10. The Morgan fingerprint density at radius 3 is 2.47 bits per heavy atom. The highest BCUT2D eigenvalue weighted by molar-refractivity contribution is 5.94. The van der Waals surface area contributed by atoms with Gasteiger partial charge >= 0.3 is 0 Å². The van der Waals surface area contributed by atoms with Gasteiger partial charge in [-0.3, -0.25) is 4.98 Å². The van der Waals surface area contributed by atoms with E-state index in [0.29, 0.717) is 12.4 Å². The van der Waals surface area contributed by atoms with Gasteiger partial charge in [0.25, 0.3) is 0 Å². The highest BCUT2D eigenvalue weighted by Gasteiger charge is 2.18. The lowest BCUT2D eigenvalue weighted by molar-refractivity contribution is 1.09. The molecule has 2 aromatic rings. The molecule has 2 heterocycles. The van der Waals surface area contributed by atoms with Crippen LogP contribution in [0.25, 0.3) is 5.70 Å². The lowest BCUT2D eigenvalue weighted by Gasteiger charge is -2.29. The maximum atomic E-state index is 5.85. The fourth-order valence-electron chi connectivity index (χ4n) is 2.09. The fraction of sp³-hybridized carbons (Fsp3) is 0.0667. The number of pyridine rings is 1. The van der Waals surface area contributed by atoms with Crippen molar-refractivity contribution < 1.29 is 0 Å². The molecule has 0 bridgehead atoms. The molecule has 94 valence electrons. The Labute approximate surface area is 111 Å². The molecule has 1 aliphatic rings. The predicted molar refractivity (Wildman–Crippen MR) is 77.6 cm³/mol. The summed E-state index contributed by atoms with van der Waals surface area (Å²) >= 11 is 0. The number of para-hydroxylation sites is 1. The van der Waals surface area contributed by atoms with Gasteiger partial charge in [-0.05, 0) is 24.3 Å². The molecule has 4 nitrogen and oxygen atoms in total. The molecule has 1 aromatic carbocycles. The number of aliphatic imine (C=N–C) groups is 1. The lowest BCUT2D eigenvalue weighted by Crippen LogP contribution is -2.35. The van der Waals surface area contributed by atoms with Crippen molar-refractivity contribution in [2.24, 2.45) is 10.7 Å². The second-order valence-electron chi connectivity index (χ2n) is 4.29. The van der Waals surface area contributed by atoms with E-state index in [1.807, 2.05) is 30.3 Å². The van der Waals surface area contributed by atoms with Crippen LogP contribution in [-0.2, 0) is 0 Å². The smallest absolute Gasteiger partial charge is 0.119 e. The van der Waals surface area contributed by atoms with E-state index in [2.05, 4.69) is 27.0 Å². The molecule has 19 heavy (non-hydrogen) atoms. The van der Waals surface area contributed by atoms with Gasteiger partial charge in [-0.15, -0.1) is 0 Å². The zero-order chi connectivity index (χ0) is 13.1. The molecule has 0 aliphatic carbocycles. The molecule has 0 amide bonds. The maximum Gasteiger partial charge on any atom is 0.119 e. The van der Waals surface area contributed by atoms with E-state index < -0.39 is 0 Å². The van der Waals surface area contributed by atoms with Crippen LogP contribution in [0.1, 0.15) is 5.56 Å². The normalized spacial score (nSPS) is 14.8. The third-order valence-corrected chi connectivity index (χ3v) is 3.01. The van der Waals surface area contributed by atoms with Crippen LogP contribution in [0.4, 0.5) is 5.69 Å². The van der Waals surface area contributed by atoms with Crippen LogP contribution in [0.2, 0.25) is 0 Å². The summed E-state index contributed by atoms with van der Waals surface area (Å²) in [6, 6.07) is 14.1. The van der Waals surface area contributed by atoms with Gasteiger partial charge in [0.15, 0.2) is 0 Å². The molecular weight excluding hydrogens is 236 g/mol. The van der Waals surface area contributed by atoms with Crippen LogP contribution in [0.5, 0.6) is 0 Å². The second-order valence-corrected chi connectivity index (χ2v) is 4.29. The molecule has 1 aliphatic heterocycles. The third-order valence-electron chi connectivity index (χ3n) is 3.01. The van der Waals surface area contributed by atoms with Gasteiger partial charge in [-0.2, -0.15) is 0 Å². The number of amidine groups is 1. The van der Waals surface area contributed by atoms with E-state index in [1.165, 1.54) is 0 Å². The Bertz CT molecular complexity index is 617.